The molecule has 0 saturated carbocycles. The quantitative estimate of drug-likeness (QED) is 0.609. The summed E-state index contributed by atoms with van der Waals surface area (Å²) in [5.74, 6) is 1.53. The van der Waals surface area contributed by atoms with E-state index >= 15 is 0 Å². The van der Waals surface area contributed by atoms with Gasteiger partial charge in [-0.15, -0.1) is 5.10 Å². The fraction of sp³-hybridized carbons (Fsp3) is 0.190. The molecular formula is C21H21N5O2S. The smallest absolute Gasteiger partial charge is 0.248 e. The molecule has 0 spiro atoms. The number of nitrogens with zero attached hydrogens (tertiary/aromatic N) is 3. The van der Waals surface area contributed by atoms with Crippen LogP contribution in [0.4, 0.5) is 5.95 Å². The first-order chi connectivity index (χ1) is 14.1. The predicted octanol–water partition coefficient (Wildman–Crippen LogP) is 3.35. The van der Waals surface area contributed by atoms with Crippen LogP contribution in [-0.2, 0) is 10.5 Å². The second-order valence-electron chi connectivity index (χ2n) is 6.64. The Morgan fingerprint density at radius 1 is 1.24 bits per heavy atom. The van der Waals surface area contributed by atoms with E-state index in [2.05, 4.69) is 27.5 Å². The number of benzene rings is 2. The zero-order valence-corrected chi connectivity index (χ0v) is 16.9. The Bertz CT molecular complexity index is 1080. The van der Waals surface area contributed by atoms with Crippen molar-refractivity contribution in [3.63, 3.8) is 0 Å². The van der Waals surface area contributed by atoms with Crippen molar-refractivity contribution < 1.29 is 9.53 Å². The van der Waals surface area contributed by atoms with E-state index in [1.54, 1.807) is 23.6 Å². The van der Waals surface area contributed by atoms with Gasteiger partial charge in [-0.05, 0) is 30.2 Å². The number of primary amides is 1. The fourth-order valence-electron chi connectivity index (χ4n) is 3.35. The summed E-state index contributed by atoms with van der Waals surface area (Å²) in [6.45, 7) is 1.82. The molecule has 7 nitrogen and oxygen atoms in total. The van der Waals surface area contributed by atoms with E-state index in [0.29, 0.717) is 28.1 Å². The van der Waals surface area contributed by atoms with Crippen LogP contribution in [-0.4, -0.2) is 27.8 Å². The molecule has 1 aliphatic rings. The maximum Gasteiger partial charge on any atom is 0.248 e. The number of thioether (sulfide) groups is 1. The summed E-state index contributed by atoms with van der Waals surface area (Å²) in [5, 5.41) is 8.46. The number of nitrogens with one attached hydrogen (secondary N) is 1. The molecule has 0 unspecified atom stereocenters. The Morgan fingerprint density at radius 2 is 2.03 bits per heavy atom. The molecule has 29 heavy (non-hydrogen) atoms. The van der Waals surface area contributed by atoms with Crippen molar-refractivity contribution in [2.75, 3.05) is 12.4 Å². The third kappa shape index (κ3) is 3.84. The SMILES string of the molecule is COc1cccc([C@H]2C(C(N)=O)=C(C)Nc3nc(SCc4ccccc4)nn32)c1. The number of aromatic nitrogens is 3. The molecule has 0 fully saturated rings. The van der Waals surface area contributed by atoms with Crippen LogP contribution >= 0.6 is 11.8 Å². The average Bonchev–Trinajstić information content (AvgIpc) is 3.14. The third-order valence-corrected chi connectivity index (χ3v) is 5.63. The molecule has 0 aliphatic carbocycles. The molecule has 3 aromatic rings. The number of hydrogen-bond donors (Lipinski definition) is 2. The predicted molar refractivity (Wildman–Crippen MR) is 113 cm³/mol. The lowest BCUT2D eigenvalue weighted by molar-refractivity contribution is -0.115. The van der Waals surface area contributed by atoms with E-state index < -0.39 is 11.9 Å². The Hall–Kier alpha value is -3.26. The molecule has 148 valence electrons. The first-order valence-electron chi connectivity index (χ1n) is 9.11. The van der Waals surface area contributed by atoms with Gasteiger partial charge in [-0.3, -0.25) is 4.79 Å². The lowest BCUT2D eigenvalue weighted by atomic mass is 9.95. The van der Waals surface area contributed by atoms with Crippen molar-refractivity contribution >= 4 is 23.6 Å². The molecule has 1 aliphatic heterocycles. The fourth-order valence-corrected chi connectivity index (χ4v) is 4.14. The van der Waals surface area contributed by atoms with Crippen LogP contribution in [0.3, 0.4) is 0 Å². The minimum atomic E-state index is -0.498. The Balaban J connectivity index is 1.71. The lowest BCUT2D eigenvalue weighted by Crippen LogP contribution is -2.31. The van der Waals surface area contributed by atoms with E-state index in [-0.39, 0.29) is 0 Å². The van der Waals surface area contributed by atoms with Crippen molar-refractivity contribution in [1.82, 2.24) is 14.8 Å². The van der Waals surface area contributed by atoms with Gasteiger partial charge in [0.15, 0.2) is 0 Å². The highest BCUT2D eigenvalue weighted by molar-refractivity contribution is 7.98. The van der Waals surface area contributed by atoms with Crippen molar-refractivity contribution in [3.8, 4) is 5.75 Å². The summed E-state index contributed by atoms with van der Waals surface area (Å²) in [6.07, 6.45) is 0. The number of allylic oxidation sites excluding steroid dienone is 1. The maximum atomic E-state index is 12.3. The molecular weight excluding hydrogens is 386 g/mol. The Morgan fingerprint density at radius 3 is 2.76 bits per heavy atom. The number of hydrogen-bond acceptors (Lipinski definition) is 6. The standard InChI is InChI=1S/C21H21N5O2S/c1-13-17(19(22)27)18(15-9-6-10-16(11-15)28-2)26-20(23-13)24-21(25-26)29-12-14-7-4-3-5-8-14/h3-11,18H,12H2,1-2H3,(H2,22,27)(H,23,24,25)/t18-/m0/s1. The normalized spacial score (nSPS) is 15.6. The van der Waals surface area contributed by atoms with E-state index in [4.69, 9.17) is 10.5 Å². The molecule has 1 aromatic heterocycles. The number of anilines is 1. The zero-order chi connectivity index (χ0) is 20.4. The molecule has 0 radical (unpaired) electrons. The number of nitrogens with two attached hydrogens (primary N) is 1. The van der Waals surface area contributed by atoms with E-state index in [1.807, 2.05) is 49.4 Å². The molecule has 8 heteroatoms. The third-order valence-electron chi connectivity index (χ3n) is 4.72. The highest BCUT2D eigenvalue weighted by Gasteiger charge is 2.33. The highest BCUT2D eigenvalue weighted by Crippen LogP contribution is 2.37. The Labute approximate surface area is 173 Å². The monoisotopic (exact) mass is 407 g/mol. The van der Waals surface area contributed by atoms with Gasteiger partial charge >= 0.3 is 0 Å². The topological polar surface area (TPSA) is 95.1 Å². The van der Waals surface area contributed by atoms with Gasteiger partial charge < -0.3 is 15.8 Å². The average molecular weight is 407 g/mol. The van der Waals surface area contributed by atoms with Crippen LogP contribution < -0.4 is 15.8 Å². The van der Waals surface area contributed by atoms with Crippen molar-refractivity contribution in [3.05, 3.63) is 77.0 Å². The van der Waals surface area contributed by atoms with E-state index in [0.717, 1.165) is 11.3 Å². The van der Waals surface area contributed by atoms with Gasteiger partial charge in [-0.1, -0.05) is 54.2 Å². The van der Waals surface area contributed by atoms with Crippen LogP contribution in [0.2, 0.25) is 0 Å². The summed E-state index contributed by atoms with van der Waals surface area (Å²) in [5.41, 5.74) is 8.89. The van der Waals surface area contributed by atoms with E-state index in [1.165, 1.54) is 5.56 Å². The summed E-state index contributed by atoms with van der Waals surface area (Å²) in [4.78, 5) is 16.9. The number of carbonyl (C=O) groups excluding carboxylic acids is 1. The van der Waals surface area contributed by atoms with Crippen LogP contribution in [0.5, 0.6) is 5.75 Å². The number of fused-ring (bicyclic) bond motifs is 1. The summed E-state index contributed by atoms with van der Waals surface area (Å²) in [6, 6.07) is 17.2. The second kappa shape index (κ2) is 8.00. The molecule has 3 N–H and O–H groups in total. The second-order valence-corrected chi connectivity index (χ2v) is 7.59. The molecule has 0 saturated heterocycles. The summed E-state index contributed by atoms with van der Waals surface area (Å²) in [7, 11) is 1.61. The number of rotatable bonds is 6. The maximum absolute atomic E-state index is 12.3. The van der Waals surface area contributed by atoms with Crippen molar-refractivity contribution in [2.24, 2.45) is 5.73 Å². The molecule has 1 amide bonds. The van der Waals surface area contributed by atoms with Crippen molar-refractivity contribution in [2.45, 2.75) is 23.9 Å². The highest BCUT2D eigenvalue weighted by atomic mass is 32.2. The number of amides is 1. The molecule has 0 bridgehead atoms. The number of carbonyl (C=O) groups is 1. The lowest BCUT2D eigenvalue weighted by Gasteiger charge is -2.27. The van der Waals surface area contributed by atoms with Gasteiger partial charge in [0, 0.05) is 11.4 Å². The van der Waals surface area contributed by atoms with Gasteiger partial charge in [-0.25, -0.2) is 4.68 Å². The number of ether oxygens (including phenoxy) is 1. The van der Waals surface area contributed by atoms with Gasteiger partial charge in [0.25, 0.3) is 0 Å². The largest absolute Gasteiger partial charge is 0.497 e. The van der Waals surface area contributed by atoms with Gasteiger partial charge in [0.1, 0.15) is 11.8 Å². The minimum absolute atomic E-state index is 0.454. The molecule has 1 atom stereocenters. The number of methoxy groups -OCH3 is 1. The summed E-state index contributed by atoms with van der Waals surface area (Å²) < 4.78 is 7.07. The minimum Gasteiger partial charge on any atom is -0.497 e. The zero-order valence-electron chi connectivity index (χ0n) is 16.1. The molecule has 2 heterocycles. The van der Waals surface area contributed by atoms with Crippen LogP contribution in [0.25, 0.3) is 0 Å². The Kier molecular flexibility index (Phi) is 5.26. The summed E-state index contributed by atoms with van der Waals surface area (Å²) >= 11 is 1.54. The van der Waals surface area contributed by atoms with Gasteiger partial charge in [0.05, 0.1) is 12.7 Å². The molecule has 4 rings (SSSR count). The van der Waals surface area contributed by atoms with Crippen LogP contribution in [0.15, 0.2) is 71.0 Å². The van der Waals surface area contributed by atoms with E-state index in [9.17, 15) is 4.79 Å². The van der Waals surface area contributed by atoms with Crippen LogP contribution in [0, 0.1) is 0 Å². The molecule has 2 aromatic carbocycles. The van der Waals surface area contributed by atoms with Crippen molar-refractivity contribution in [1.29, 1.82) is 0 Å². The van der Waals surface area contributed by atoms with Crippen LogP contribution in [0.1, 0.15) is 24.1 Å². The van der Waals surface area contributed by atoms with Gasteiger partial charge in [-0.2, -0.15) is 4.98 Å². The first kappa shape index (κ1) is 19.1. The first-order valence-corrected chi connectivity index (χ1v) is 10.1. The van der Waals surface area contributed by atoms with Gasteiger partial charge in [0.2, 0.25) is 17.0 Å².